The van der Waals surface area contributed by atoms with Crippen molar-refractivity contribution in [2.24, 2.45) is 0 Å². The van der Waals surface area contributed by atoms with E-state index in [-0.39, 0.29) is 0 Å². The monoisotopic (exact) mass is 575 g/mol. The highest BCUT2D eigenvalue weighted by atomic mass is 16.3. The number of rotatable bonds is 4. The van der Waals surface area contributed by atoms with Crippen LogP contribution >= 0.6 is 0 Å². The molecule has 0 amide bonds. The van der Waals surface area contributed by atoms with Gasteiger partial charge in [-0.2, -0.15) is 0 Å². The van der Waals surface area contributed by atoms with Crippen LogP contribution in [-0.2, 0) is 0 Å². The minimum Gasteiger partial charge on any atom is -0.456 e. The van der Waals surface area contributed by atoms with E-state index in [1.807, 2.05) is 60.7 Å². The zero-order valence-corrected chi connectivity index (χ0v) is 24.2. The molecule has 0 aliphatic heterocycles. The van der Waals surface area contributed by atoms with Gasteiger partial charge in [-0.25, -0.2) is 15.0 Å². The molecule has 45 heavy (non-hydrogen) atoms. The summed E-state index contributed by atoms with van der Waals surface area (Å²) >= 11 is 0. The first-order valence-electron chi connectivity index (χ1n) is 15.0. The van der Waals surface area contributed by atoms with Crippen molar-refractivity contribution in [3.05, 3.63) is 152 Å². The highest BCUT2D eigenvalue weighted by Gasteiger charge is 2.15. The molecule has 0 spiro atoms. The number of hydrogen-bond acceptors (Lipinski definition) is 4. The summed E-state index contributed by atoms with van der Waals surface area (Å²) in [5, 5.41) is 6.88. The molecule has 4 nitrogen and oxygen atoms in total. The van der Waals surface area contributed by atoms with Gasteiger partial charge in [-0.1, -0.05) is 109 Å². The van der Waals surface area contributed by atoms with Crippen molar-refractivity contribution in [2.75, 3.05) is 0 Å². The number of fused-ring (bicyclic) bond motifs is 5. The van der Waals surface area contributed by atoms with E-state index in [1.165, 1.54) is 21.9 Å². The van der Waals surface area contributed by atoms with E-state index in [9.17, 15) is 0 Å². The molecule has 0 aliphatic rings. The lowest BCUT2D eigenvalue weighted by Crippen LogP contribution is -2.00. The molecule has 4 heteroatoms. The minimum atomic E-state index is 0.621. The molecule has 0 atom stereocenters. The average Bonchev–Trinajstić information content (AvgIpc) is 3.49. The lowest BCUT2D eigenvalue weighted by Gasteiger charge is -2.10. The van der Waals surface area contributed by atoms with E-state index in [1.54, 1.807) is 0 Å². The fourth-order valence-electron chi connectivity index (χ4n) is 6.15. The Morgan fingerprint density at radius 1 is 0.311 bits per heavy atom. The fourth-order valence-corrected chi connectivity index (χ4v) is 6.15. The summed E-state index contributed by atoms with van der Waals surface area (Å²) in [5.74, 6) is 1.89. The SMILES string of the molecule is c1ccc(-c2nc(-c3ccc4ccc(-c5ccc6ccccc6c5)cc4c3)nc(-c3ccc4oc5ccccc5c4c3)n2)cc1. The van der Waals surface area contributed by atoms with E-state index in [0.29, 0.717) is 17.5 Å². The van der Waals surface area contributed by atoms with Gasteiger partial charge in [0.15, 0.2) is 17.5 Å². The average molecular weight is 576 g/mol. The minimum absolute atomic E-state index is 0.621. The number of aromatic nitrogens is 3. The molecule has 2 aromatic heterocycles. The van der Waals surface area contributed by atoms with Gasteiger partial charge in [0.05, 0.1) is 0 Å². The van der Waals surface area contributed by atoms with Crippen molar-refractivity contribution in [3.63, 3.8) is 0 Å². The highest BCUT2D eigenvalue weighted by Crippen LogP contribution is 2.34. The van der Waals surface area contributed by atoms with E-state index in [0.717, 1.165) is 49.4 Å². The van der Waals surface area contributed by atoms with Crippen LogP contribution in [0.5, 0.6) is 0 Å². The summed E-state index contributed by atoms with van der Waals surface area (Å²) in [4.78, 5) is 15.0. The van der Waals surface area contributed by atoms with Crippen molar-refractivity contribution in [2.45, 2.75) is 0 Å². The molecular weight excluding hydrogens is 550 g/mol. The maximum Gasteiger partial charge on any atom is 0.164 e. The topological polar surface area (TPSA) is 51.8 Å². The Morgan fingerprint density at radius 2 is 0.822 bits per heavy atom. The molecule has 210 valence electrons. The lowest BCUT2D eigenvalue weighted by molar-refractivity contribution is 0.669. The maximum atomic E-state index is 6.08. The predicted octanol–water partition coefficient (Wildman–Crippen LogP) is 10.7. The van der Waals surface area contributed by atoms with Gasteiger partial charge >= 0.3 is 0 Å². The first kappa shape index (κ1) is 25.4. The molecule has 0 radical (unpaired) electrons. The zero-order chi connectivity index (χ0) is 29.7. The Kier molecular flexibility index (Phi) is 5.78. The molecule has 0 bridgehead atoms. The Hall–Kier alpha value is -6.13. The van der Waals surface area contributed by atoms with Crippen molar-refractivity contribution in [1.29, 1.82) is 0 Å². The summed E-state index contributed by atoms with van der Waals surface area (Å²) in [6.45, 7) is 0. The number of furan rings is 1. The second-order valence-corrected chi connectivity index (χ2v) is 11.3. The van der Waals surface area contributed by atoms with Crippen LogP contribution < -0.4 is 0 Å². The van der Waals surface area contributed by atoms with E-state index in [2.05, 4.69) is 91.0 Å². The van der Waals surface area contributed by atoms with Gasteiger partial charge in [0.25, 0.3) is 0 Å². The van der Waals surface area contributed by atoms with Crippen LogP contribution in [0.15, 0.2) is 156 Å². The second kappa shape index (κ2) is 10.2. The molecule has 9 aromatic rings. The van der Waals surface area contributed by atoms with Crippen LogP contribution in [0.25, 0.3) is 88.8 Å². The fraction of sp³-hybridized carbons (Fsp3) is 0. The van der Waals surface area contributed by atoms with E-state index in [4.69, 9.17) is 19.4 Å². The smallest absolute Gasteiger partial charge is 0.164 e. The summed E-state index contributed by atoms with van der Waals surface area (Å²) in [7, 11) is 0. The molecule has 7 aromatic carbocycles. The predicted molar refractivity (Wildman–Crippen MR) is 184 cm³/mol. The van der Waals surface area contributed by atoms with Crippen molar-refractivity contribution in [1.82, 2.24) is 15.0 Å². The number of hydrogen-bond donors (Lipinski definition) is 0. The first-order chi connectivity index (χ1) is 22.2. The summed E-state index contributed by atoms with van der Waals surface area (Å²) in [5.41, 5.74) is 6.86. The second-order valence-electron chi connectivity index (χ2n) is 11.3. The third-order valence-electron chi connectivity index (χ3n) is 8.48. The molecule has 9 rings (SSSR count). The lowest BCUT2D eigenvalue weighted by atomic mass is 9.98. The van der Waals surface area contributed by atoms with E-state index >= 15 is 0 Å². The van der Waals surface area contributed by atoms with Gasteiger partial charge in [0.1, 0.15) is 11.2 Å². The quantitative estimate of drug-likeness (QED) is 0.209. The maximum absolute atomic E-state index is 6.08. The molecule has 0 fully saturated rings. The summed E-state index contributed by atoms with van der Waals surface area (Å²) in [6, 6.07) is 52.5. The third-order valence-corrected chi connectivity index (χ3v) is 8.48. The van der Waals surface area contributed by atoms with Crippen LogP contribution in [-0.4, -0.2) is 15.0 Å². The van der Waals surface area contributed by atoms with Gasteiger partial charge < -0.3 is 4.42 Å². The number of benzene rings is 7. The van der Waals surface area contributed by atoms with Gasteiger partial charge in [0.2, 0.25) is 0 Å². The van der Waals surface area contributed by atoms with Gasteiger partial charge in [-0.05, 0) is 75.1 Å². The Labute approximate surface area is 259 Å². The molecular formula is C41H25N3O. The molecule has 2 heterocycles. The standard InChI is InChI=1S/C41H25N3O/c1-2-9-28(10-3-1)39-42-40(44-41(43-39)33-20-21-38-36(25-33)35-12-6-7-13-37(35)45-38)32-19-16-27-15-18-31(23-34(27)24-32)30-17-14-26-8-4-5-11-29(26)22-30/h1-25H. The first-order valence-corrected chi connectivity index (χ1v) is 15.0. The van der Waals surface area contributed by atoms with E-state index < -0.39 is 0 Å². The van der Waals surface area contributed by atoms with Crippen molar-refractivity contribution in [3.8, 4) is 45.3 Å². The Balaban J connectivity index is 1.19. The number of para-hydroxylation sites is 1. The van der Waals surface area contributed by atoms with Crippen LogP contribution in [0, 0.1) is 0 Å². The van der Waals surface area contributed by atoms with Crippen LogP contribution in [0.3, 0.4) is 0 Å². The van der Waals surface area contributed by atoms with Crippen LogP contribution in [0.1, 0.15) is 0 Å². The zero-order valence-electron chi connectivity index (χ0n) is 24.2. The van der Waals surface area contributed by atoms with Gasteiger partial charge in [0, 0.05) is 27.5 Å². The molecule has 0 N–H and O–H groups in total. The Morgan fingerprint density at radius 3 is 1.60 bits per heavy atom. The normalized spacial score (nSPS) is 11.6. The molecule has 0 unspecified atom stereocenters. The third kappa shape index (κ3) is 4.52. The largest absolute Gasteiger partial charge is 0.456 e. The molecule has 0 saturated heterocycles. The Bertz CT molecular complexity index is 2550. The number of nitrogens with zero attached hydrogens (tertiary/aromatic N) is 3. The van der Waals surface area contributed by atoms with Crippen molar-refractivity contribution < 1.29 is 4.42 Å². The van der Waals surface area contributed by atoms with Crippen LogP contribution in [0.2, 0.25) is 0 Å². The molecule has 0 saturated carbocycles. The van der Waals surface area contributed by atoms with Gasteiger partial charge in [-0.15, -0.1) is 0 Å². The highest BCUT2D eigenvalue weighted by molar-refractivity contribution is 6.06. The summed E-state index contributed by atoms with van der Waals surface area (Å²) < 4.78 is 6.08. The van der Waals surface area contributed by atoms with Crippen LogP contribution in [0.4, 0.5) is 0 Å². The summed E-state index contributed by atoms with van der Waals surface area (Å²) in [6.07, 6.45) is 0. The van der Waals surface area contributed by atoms with Crippen molar-refractivity contribution >= 4 is 43.5 Å². The molecule has 0 aliphatic carbocycles. The van der Waals surface area contributed by atoms with Gasteiger partial charge in [-0.3, -0.25) is 0 Å².